The minimum Gasteiger partial charge on any atom is -0.497 e. The summed E-state index contributed by atoms with van der Waals surface area (Å²) in [7, 11) is 1.60. The molecule has 0 aliphatic carbocycles. The molecule has 0 N–H and O–H groups in total. The zero-order valence-corrected chi connectivity index (χ0v) is 12.3. The van der Waals surface area contributed by atoms with E-state index < -0.39 is 0 Å². The van der Waals surface area contributed by atoms with Gasteiger partial charge in [-0.15, -0.1) is 0 Å². The van der Waals surface area contributed by atoms with Gasteiger partial charge < -0.3 is 4.74 Å². The van der Waals surface area contributed by atoms with Gasteiger partial charge in [0, 0.05) is 17.1 Å². The monoisotopic (exact) mass is 295 g/mol. The van der Waals surface area contributed by atoms with Gasteiger partial charge in [0.05, 0.1) is 7.11 Å². The minimum absolute atomic E-state index is 0.0264. The van der Waals surface area contributed by atoms with E-state index in [1.165, 1.54) is 0 Å². The molecule has 0 atom stereocenters. The summed E-state index contributed by atoms with van der Waals surface area (Å²) in [5.74, 6) is 0.736. The summed E-state index contributed by atoms with van der Waals surface area (Å²) in [6.07, 6.45) is 1.73. The van der Waals surface area contributed by atoms with E-state index in [-0.39, 0.29) is 5.12 Å². The quantitative estimate of drug-likeness (QED) is 0.680. The molecule has 0 aliphatic heterocycles. The standard InChI is InChI=1S/C17H13NO2S/c1-20-14-8-6-13(7-9-14)17(19)21-16-15-5-3-2-4-12(15)10-11-18-16/h2-11H,1H3. The molecule has 104 valence electrons. The number of ether oxygens (including phenoxy) is 1. The van der Waals surface area contributed by atoms with E-state index in [9.17, 15) is 4.79 Å². The number of carbonyl (C=O) groups is 1. The molecule has 1 heterocycles. The van der Waals surface area contributed by atoms with Crippen LogP contribution in [-0.2, 0) is 0 Å². The third kappa shape index (κ3) is 2.90. The van der Waals surface area contributed by atoms with Crippen LogP contribution in [0.25, 0.3) is 10.8 Å². The van der Waals surface area contributed by atoms with Gasteiger partial charge >= 0.3 is 0 Å². The number of methoxy groups -OCH3 is 1. The van der Waals surface area contributed by atoms with E-state index in [0.717, 1.165) is 33.3 Å². The highest BCUT2D eigenvalue weighted by atomic mass is 32.2. The lowest BCUT2D eigenvalue weighted by atomic mass is 10.2. The summed E-state index contributed by atoms with van der Waals surface area (Å²) >= 11 is 1.15. The van der Waals surface area contributed by atoms with Crippen molar-refractivity contribution in [2.24, 2.45) is 0 Å². The van der Waals surface area contributed by atoms with Crippen LogP contribution in [0, 0.1) is 0 Å². The topological polar surface area (TPSA) is 39.2 Å². The Hall–Kier alpha value is -2.33. The number of fused-ring (bicyclic) bond motifs is 1. The summed E-state index contributed by atoms with van der Waals surface area (Å²) in [6.45, 7) is 0. The van der Waals surface area contributed by atoms with Gasteiger partial charge in [-0.2, -0.15) is 0 Å². The average molecular weight is 295 g/mol. The number of hydrogen-bond acceptors (Lipinski definition) is 4. The highest BCUT2D eigenvalue weighted by Gasteiger charge is 2.11. The van der Waals surface area contributed by atoms with E-state index in [1.54, 1.807) is 37.6 Å². The Labute approximate surface area is 127 Å². The summed E-state index contributed by atoms with van der Waals surface area (Å²) in [5.41, 5.74) is 0.635. The van der Waals surface area contributed by atoms with Gasteiger partial charge in [0.25, 0.3) is 0 Å². The zero-order chi connectivity index (χ0) is 14.7. The van der Waals surface area contributed by atoms with Gasteiger partial charge in [-0.3, -0.25) is 4.79 Å². The molecule has 2 aromatic carbocycles. The Morgan fingerprint density at radius 1 is 1.05 bits per heavy atom. The van der Waals surface area contributed by atoms with Crippen LogP contribution in [0.2, 0.25) is 0 Å². The lowest BCUT2D eigenvalue weighted by molar-refractivity contribution is 0.108. The molecule has 3 nitrogen and oxygen atoms in total. The molecule has 0 radical (unpaired) electrons. The maximum absolute atomic E-state index is 12.3. The molecule has 0 spiro atoms. The van der Waals surface area contributed by atoms with Crippen molar-refractivity contribution in [3.63, 3.8) is 0 Å². The molecule has 0 saturated heterocycles. The van der Waals surface area contributed by atoms with Crippen molar-refractivity contribution in [3.8, 4) is 5.75 Å². The summed E-state index contributed by atoms with van der Waals surface area (Å²) in [4.78, 5) is 16.7. The van der Waals surface area contributed by atoms with E-state index in [0.29, 0.717) is 5.56 Å². The Morgan fingerprint density at radius 2 is 1.81 bits per heavy atom. The molecule has 3 rings (SSSR count). The number of rotatable bonds is 3. The van der Waals surface area contributed by atoms with Crippen LogP contribution in [0.3, 0.4) is 0 Å². The van der Waals surface area contributed by atoms with Crippen molar-refractivity contribution in [1.29, 1.82) is 0 Å². The first-order valence-corrected chi connectivity index (χ1v) is 7.29. The number of carbonyl (C=O) groups excluding carboxylic acids is 1. The second kappa shape index (κ2) is 5.97. The molecule has 21 heavy (non-hydrogen) atoms. The summed E-state index contributed by atoms with van der Waals surface area (Å²) in [6, 6.07) is 16.9. The minimum atomic E-state index is -0.0264. The number of nitrogens with zero attached hydrogens (tertiary/aromatic N) is 1. The van der Waals surface area contributed by atoms with Crippen LogP contribution in [-0.4, -0.2) is 17.2 Å². The first kappa shape index (κ1) is 13.6. The number of thioether (sulfide) groups is 1. The SMILES string of the molecule is COc1ccc(C(=O)Sc2nccc3ccccc23)cc1. The molecule has 3 aromatic rings. The highest BCUT2D eigenvalue weighted by Crippen LogP contribution is 2.28. The molecule has 0 fully saturated rings. The molecular formula is C17H13NO2S. The van der Waals surface area contributed by atoms with Gasteiger partial charge in [-0.05, 0) is 47.5 Å². The van der Waals surface area contributed by atoms with Crippen molar-refractivity contribution in [2.75, 3.05) is 7.11 Å². The smallest absolute Gasteiger partial charge is 0.225 e. The predicted octanol–water partition coefficient (Wildman–Crippen LogP) is 4.18. The average Bonchev–Trinajstić information content (AvgIpc) is 2.55. The Morgan fingerprint density at radius 3 is 2.57 bits per heavy atom. The molecule has 1 aromatic heterocycles. The zero-order valence-electron chi connectivity index (χ0n) is 11.4. The fourth-order valence-corrected chi connectivity index (χ4v) is 2.89. The molecular weight excluding hydrogens is 282 g/mol. The number of hydrogen-bond donors (Lipinski definition) is 0. The predicted molar refractivity (Wildman–Crippen MR) is 84.9 cm³/mol. The lowest BCUT2D eigenvalue weighted by Gasteiger charge is -2.05. The largest absolute Gasteiger partial charge is 0.497 e. The Balaban J connectivity index is 1.89. The molecule has 0 saturated carbocycles. The van der Waals surface area contributed by atoms with Crippen LogP contribution >= 0.6 is 11.8 Å². The second-order valence-electron chi connectivity index (χ2n) is 4.46. The Bertz CT molecular complexity index is 779. The van der Waals surface area contributed by atoms with Gasteiger partial charge in [0.15, 0.2) is 0 Å². The normalized spacial score (nSPS) is 10.5. The van der Waals surface area contributed by atoms with Gasteiger partial charge in [0.1, 0.15) is 10.8 Å². The summed E-state index contributed by atoms with van der Waals surface area (Å²) in [5, 5.41) is 2.78. The first-order valence-electron chi connectivity index (χ1n) is 6.48. The van der Waals surface area contributed by atoms with Crippen molar-refractivity contribution in [3.05, 3.63) is 66.4 Å². The molecule has 0 amide bonds. The third-order valence-corrected chi connectivity index (χ3v) is 4.09. The van der Waals surface area contributed by atoms with E-state index >= 15 is 0 Å². The maximum atomic E-state index is 12.3. The third-order valence-electron chi connectivity index (χ3n) is 3.15. The van der Waals surface area contributed by atoms with Crippen molar-refractivity contribution in [2.45, 2.75) is 5.03 Å². The van der Waals surface area contributed by atoms with Gasteiger partial charge in [0.2, 0.25) is 5.12 Å². The molecule has 0 unspecified atom stereocenters. The fourth-order valence-electron chi connectivity index (χ4n) is 2.05. The van der Waals surface area contributed by atoms with Gasteiger partial charge in [-0.1, -0.05) is 24.3 Å². The lowest BCUT2D eigenvalue weighted by Crippen LogP contribution is -1.95. The van der Waals surface area contributed by atoms with Crippen molar-refractivity contribution >= 4 is 27.6 Å². The Kier molecular flexibility index (Phi) is 3.88. The van der Waals surface area contributed by atoms with E-state index in [1.807, 2.05) is 30.3 Å². The number of benzene rings is 2. The molecule has 4 heteroatoms. The van der Waals surface area contributed by atoms with Gasteiger partial charge in [-0.25, -0.2) is 4.98 Å². The van der Waals surface area contributed by atoms with Crippen molar-refractivity contribution in [1.82, 2.24) is 4.98 Å². The van der Waals surface area contributed by atoms with Crippen molar-refractivity contribution < 1.29 is 9.53 Å². The van der Waals surface area contributed by atoms with Crippen LogP contribution < -0.4 is 4.74 Å². The van der Waals surface area contributed by atoms with Crippen LogP contribution in [0.15, 0.2) is 65.8 Å². The summed E-state index contributed by atoms with van der Waals surface area (Å²) < 4.78 is 5.09. The van der Waals surface area contributed by atoms with E-state index in [2.05, 4.69) is 4.98 Å². The maximum Gasteiger partial charge on any atom is 0.225 e. The molecule has 0 aliphatic rings. The van der Waals surface area contributed by atoms with Crippen LogP contribution in [0.1, 0.15) is 10.4 Å². The second-order valence-corrected chi connectivity index (χ2v) is 5.42. The van der Waals surface area contributed by atoms with Crippen LogP contribution in [0.5, 0.6) is 5.75 Å². The highest BCUT2D eigenvalue weighted by molar-refractivity contribution is 8.14. The first-order chi connectivity index (χ1) is 10.3. The number of pyridine rings is 1. The molecule has 0 bridgehead atoms. The van der Waals surface area contributed by atoms with Crippen LogP contribution in [0.4, 0.5) is 0 Å². The number of aromatic nitrogens is 1. The van der Waals surface area contributed by atoms with E-state index in [4.69, 9.17) is 4.74 Å². The fraction of sp³-hybridized carbons (Fsp3) is 0.0588.